The minimum Gasteiger partial charge on any atom is -0.487 e. The van der Waals surface area contributed by atoms with E-state index in [4.69, 9.17) is 4.74 Å². The molecule has 0 saturated carbocycles. The highest BCUT2D eigenvalue weighted by atomic mass is 16.5. The highest BCUT2D eigenvalue weighted by Crippen LogP contribution is 2.23. The minimum atomic E-state index is -0.136. The second kappa shape index (κ2) is 8.45. The van der Waals surface area contributed by atoms with Gasteiger partial charge < -0.3 is 14.5 Å². The molecule has 1 aliphatic rings. The van der Waals surface area contributed by atoms with E-state index >= 15 is 0 Å². The molecule has 2 aromatic heterocycles. The maximum atomic E-state index is 12.5. The zero-order valence-corrected chi connectivity index (χ0v) is 16.7. The van der Waals surface area contributed by atoms with Gasteiger partial charge in [0.25, 0.3) is 5.56 Å². The van der Waals surface area contributed by atoms with E-state index in [1.54, 1.807) is 29.1 Å². The summed E-state index contributed by atoms with van der Waals surface area (Å²) in [5, 5.41) is 7.79. The summed E-state index contributed by atoms with van der Waals surface area (Å²) >= 11 is 0. The van der Waals surface area contributed by atoms with Crippen LogP contribution in [0.3, 0.4) is 0 Å². The first kappa shape index (κ1) is 19.1. The third kappa shape index (κ3) is 4.46. The van der Waals surface area contributed by atoms with E-state index in [0.29, 0.717) is 17.5 Å². The van der Waals surface area contributed by atoms with Gasteiger partial charge in [0.05, 0.1) is 0 Å². The molecule has 0 bridgehead atoms. The molecule has 0 amide bonds. The lowest BCUT2D eigenvalue weighted by atomic mass is 10.2. The highest BCUT2D eigenvalue weighted by molar-refractivity contribution is 5.52. The van der Waals surface area contributed by atoms with Crippen molar-refractivity contribution in [3.8, 4) is 11.4 Å². The number of hydrogen-bond donors (Lipinski definition) is 0. The molecule has 0 radical (unpaired) electrons. The monoisotopic (exact) mass is 391 g/mol. The average Bonchev–Trinajstić information content (AvgIpc) is 3.24. The summed E-state index contributed by atoms with van der Waals surface area (Å²) in [5.74, 6) is 0.514. The Bertz CT molecular complexity index is 1000. The van der Waals surface area contributed by atoms with Gasteiger partial charge in [-0.3, -0.25) is 9.36 Å². The fourth-order valence-electron chi connectivity index (χ4n) is 3.55. The van der Waals surface area contributed by atoms with Crippen LogP contribution in [-0.4, -0.2) is 52.9 Å². The molecular formula is C22H25N5O2. The average molecular weight is 391 g/mol. The number of pyridine rings is 1. The Morgan fingerprint density at radius 3 is 2.59 bits per heavy atom. The molecule has 1 aliphatic heterocycles. The Morgan fingerprint density at radius 1 is 1.14 bits per heavy atom. The molecule has 3 aromatic rings. The van der Waals surface area contributed by atoms with Crippen molar-refractivity contribution in [2.75, 3.05) is 32.1 Å². The van der Waals surface area contributed by atoms with Crippen LogP contribution in [0.2, 0.25) is 0 Å². The van der Waals surface area contributed by atoms with E-state index in [0.717, 1.165) is 18.8 Å². The smallest absolute Gasteiger partial charge is 0.258 e. The first-order valence-corrected chi connectivity index (χ1v) is 9.74. The molecular weight excluding hydrogens is 366 g/mol. The maximum Gasteiger partial charge on any atom is 0.258 e. The molecule has 1 unspecified atom stereocenters. The van der Waals surface area contributed by atoms with E-state index in [2.05, 4.69) is 46.2 Å². The van der Waals surface area contributed by atoms with Gasteiger partial charge in [-0.1, -0.05) is 0 Å². The molecule has 29 heavy (non-hydrogen) atoms. The van der Waals surface area contributed by atoms with Gasteiger partial charge in [-0.2, -0.15) is 10.2 Å². The third-order valence-corrected chi connectivity index (χ3v) is 5.29. The van der Waals surface area contributed by atoms with Crippen molar-refractivity contribution < 1.29 is 4.74 Å². The van der Waals surface area contributed by atoms with Crippen LogP contribution in [0.15, 0.2) is 65.7 Å². The normalized spacial score (nSPS) is 16.4. The molecule has 0 spiro atoms. The summed E-state index contributed by atoms with van der Waals surface area (Å²) < 4.78 is 7.27. The molecule has 1 saturated heterocycles. The van der Waals surface area contributed by atoms with E-state index in [1.165, 1.54) is 18.2 Å². The fourth-order valence-corrected chi connectivity index (χ4v) is 3.55. The van der Waals surface area contributed by atoms with E-state index < -0.39 is 0 Å². The van der Waals surface area contributed by atoms with Gasteiger partial charge in [-0.05, 0) is 63.0 Å². The number of ether oxygens (including phenoxy) is 1. The Hall–Kier alpha value is -3.19. The zero-order valence-electron chi connectivity index (χ0n) is 16.7. The Balaban J connectivity index is 1.44. The predicted octanol–water partition coefficient (Wildman–Crippen LogP) is 2.35. The first-order chi connectivity index (χ1) is 14.1. The molecule has 0 N–H and O–H groups in total. The van der Waals surface area contributed by atoms with Crippen LogP contribution < -0.4 is 15.2 Å². The van der Waals surface area contributed by atoms with Gasteiger partial charge in [-0.15, -0.1) is 0 Å². The van der Waals surface area contributed by atoms with Crippen molar-refractivity contribution in [3.63, 3.8) is 0 Å². The van der Waals surface area contributed by atoms with Gasteiger partial charge >= 0.3 is 0 Å². The number of anilines is 1. The molecule has 1 fully saturated rings. The van der Waals surface area contributed by atoms with Crippen molar-refractivity contribution in [2.45, 2.75) is 19.1 Å². The second-order valence-corrected chi connectivity index (χ2v) is 7.44. The topological polar surface area (TPSA) is 63.5 Å². The van der Waals surface area contributed by atoms with Crippen LogP contribution in [0.5, 0.6) is 5.75 Å². The summed E-state index contributed by atoms with van der Waals surface area (Å²) in [7, 11) is 4.26. The number of likely N-dealkylation sites (N-methyl/N-ethyl adjacent to an activating group) is 1. The summed E-state index contributed by atoms with van der Waals surface area (Å²) in [6, 6.07) is 15.6. The molecule has 7 heteroatoms. The number of benzene rings is 1. The van der Waals surface area contributed by atoms with Crippen molar-refractivity contribution >= 4 is 5.69 Å². The van der Waals surface area contributed by atoms with Crippen LogP contribution >= 0.6 is 0 Å². The fraction of sp³-hybridized carbons (Fsp3) is 0.318. The van der Waals surface area contributed by atoms with Crippen molar-refractivity contribution in [1.29, 1.82) is 0 Å². The van der Waals surface area contributed by atoms with Crippen LogP contribution in [0, 0.1) is 0 Å². The number of aromatic nitrogens is 3. The summed E-state index contributed by atoms with van der Waals surface area (Å²) in [5.41, 5.74) is 2.60. The summed E-state index contributed by atoms with van der Waals surface area (Å²) in [4.78, 5) is 17.2. The minimum absolute atomic E-state index is 0.136. The lowest BCUT2D eigenvalue weighted by molar-refractivity contribution is 0.299. The molecule has 1 atom stereocenters. The second-order valence-electron chi connectivity index (χ2n) is 7.44. The summed E-state index contributed by atoms with van der Waals surface area (Å²) in [6.45, 7) is 2.36. The van der Waals surface area contributed by atoms with Gasteiger partial charge in [0, 0.05) is 49.0 Å². The van der Waals surface area contributed by atoms with Crippen molar-refractivity contribution in [2.24, 2.45) is 0 Å². The van der Waals surface area contributed by atoms with Crippen molar-refractivity contribution in [1.82, 2.24) is 19.7 Å². The maximum absolute atomic E-state index is 12.5. The molecule has 7 nitrogen and oxygen atoms in total. The number of rotatable bonds is 6. The number of hydrogen-bond acceptors (Lipinski definition) is 6. The van der Waals surface area contributed by atoms with E-state index in [1.807, 2.05) is 18.2 Å². The molecule has 1 aromatic carbocycles. The number of nitrogens with zero attached hydrogens (tertiary/aromatic N) is 5. The van der Waals surface area contributed by atoms with E-state index in [9.17, 15) is 4.79 Å². The lowest BCUT2D eigenvalue weighted by Crippen LogP contribution is -2.31. The standard InChI is InChI=1S/C22H25N5O2/c1-25(2)20-9-12-26(15-20)18-5-7-19(8-6-18)27-13-10-21(14-22(27)28)29-16-17-4-3-11-23-24-17/h3-8,10-11,13-14,20H,9,12,15-16H2,1-2H3. The predicted molar refractivity (Wildman–Crippen MR) is 113 cm³/mol. The lowest BCUT2D eigenvalue weighted by Gasteiger charge is -2.22. The Kier molecular flexibility index (Phi) is 5.57. The Morgan fingerprint density at radius 2 is 1.93 bits per heavy atom. The van der Waals surface area contributed by atoms with E-state index in [-0.39, 0.29) is 12.2 Å². The van der Waals surface area contributed by atoms with Crippen molar-refractivity contribution in [3.05, 3.63) is 77.0 Å². The molecule has 3 heterocycles. The van der Waals surface area contributed by atoms with Gasteiger partial charge in [-0.25, -0.2) is 0 Å². The van der Waals surface area contributed by atoms with Crippen LogP contribution in [-0.2, 0) is 6.61 Å². The largest absolute Gasteiger partial charge is 0.487 e. The third-order valence-electron chi connectivity index (χ3n) is 5.29. The first-order valence-electron chi connectivity index (χ1n) is 9.74. The molecule has 0 aliphatic carbocycles. The van der Waals surface area contributed by atoms with Gasteiger partial charge in [0.2, 0.25) is 0 Å². The quantitative estimate of drug-likeness (QED) is 0.643. The SMILES string of the molecule is CN(C)C1CCN(c2ccc(-n3ccc(OCc4cccnn4)cc3=O)cc2)C1. The highest BCUT2D eigenvalue weighted by Gasteiger charge is 2.23. The molecule has 4 rings (SSSR count). The van der Waals surface area contributed by atoms with Crippen LogP contribution in [0.4, 0.5) is 5.69 Å². The van der Waals surface area contributed by atoms with Crippen LogP contribution in [0.1, 0.15) is 12.1 Å². The zero-order chi connectivity index (χ0) is 20.2. The summed E-state index contributed by atoms with van der Waals surface area (Å²) in [6.07, 6.45) is 4.52. The van der Waals surface area contributed by atoms with Gasteiger partial charge in [0.1, 0.15) is 18.1 Å². The Labute approximate surface area is 170 Å². The van der Waals surface area contributed by atoms with Gasteiger partial charge in [0.15, 0.2) is 0 Å². The molecule has 150 valence electrons. The van der Waals surface area contributed by atoms with Crippen LogP contribution in [0.25, 0.3) is 5.69 Å².